The molecule has 0 radical (unpaired) electrons. The van der Waals surface area contributed by atoms with E-state index in [4.69, 9.17) is 4.74 Å². The van der Waals surface area contributed by atoms with E-state index in [2.05, 4.69) is 40.5 Å². The van der Waals surface area contributed by atoms with Crippen molar-refractivity contribution >= 4 is 6.09 Å². The molecule has 3 rings (SSSR count). The average Bonchev–Trinajstić information content (AvgIpc) is 2.90. The van der Waals surface area contributed by atoms with Crippen LogP contribution < -0.4 is 5.32 Å². The fourth-order valence-electron chi connectivity index (χ4n) is 4.17. The summed E-state index contributed by atoms with van der Waals surface area (Å²) >= 11 is 0. The van der Waals surface area contributed by atoms with Gasteiger partial charge in [0.2, 0.25) is 0 Å². The molecule has 0 aromatic heterocycles. The van der Waals surface area contributed by atoms with Gasteiger partial charge in [0.1, 0.15) is 5.60 Å². The molecule has 1 aromatic rings. The van der Waals surface area contributed by atoms with Gasteiger partial charge in [0.05, 0.1) is 0 Å². The maximum Gasteiger partial charge on any atom is 0.407 e. The molecule has 0 bridgehead atoms. The highest BCUT2D eigenvalue weighted by atomic mass is 16.6. The van der Waals surface area contributed by atoms with Gasteiger partial charge in [0.25, 0.3) is 0 Å². The van der Waals surface area contributed by atoms with Crippen LogP contribution >= 0.6 is 0 Å². The van der Waals surface area contributed by atoms with Crippen molar-refractivity contribution in [3.63, 3.8) is 0 Å². The molecule has 2 fully saturated rings. The number of alkyl carbamates (subject to hydrolysis) is 1. The molecule has 1 aliphatic heterocycles. The molecule has 0 spiro atoms. The second-order valence-electron chi connectivity index (χ2n) is 8.29. The smallest absolute Gasteiger partial charge is 0.407 e. The zero-order chi connectivity index (χ0) is 17.2. The summed E-state index contributed by atoms with van der Waals surface area (Å²) in [5.41, 5.74) is 0.931. The van der Waals surface area contributed by atoms with E-state index in [-0.39, 0.29) is 12.1 Å². The number of hydrogen-bond acceptors (Lipinski definition) is 3. The number of fused-ring (bicyclic) bond motifs is 1. The first-order valence-corrected chi connectivity index (χ1v) is 9.16. The predicted octanol–water partition coefficient (Wildman–Crippen LogP) is 3.81. The number of likely N-dealkylation sites (tertiary alicyclic amines) is 1. The van der Waals surface area contributed by atoms with Gasteiger partial charge in [-0.3, -0.25) is 4.90 Å². The quantitative estimate of drug-likeness (QED) is 0.916. The van der Waals surface area contributed by atoms with Crippen LogP contribution in [0.2, 0.25) is 0 Å². The van der Waals surface area contributed by atoms with E-state index in [0.29, 0.717) is 11.8 Å². The van der Waals surface area contributed by atoms with Crippen LogP contribution in [0.25, 0.3) is 0 Å². The van der Waals surface area contributed by atoms with Crippen LogP contribution in [0.3, 0.4) is 0 Å². The standard InChI is InChI=1S/C20H30N2O2/c1-20(2,3)24-19(23)21-18-11-7-10-16-13-22(14-17(16)18)12-15-8-5-4-6-9-15/h4-6,8-9,16-18H,7,10-14H2,1-3H3,(H,21,23)/t16-,17-,18-/m1/s1. The van der Waals surface area contributed by atoms with Crippen molar-refractivity contribution in [1.29, 1.82) is 0 Å². The molecule has 4 heteroatoms. The number of hydrogen-bond donors (Lipinski definition) is 1. The number of carbonyl (C=O) groups is 1. The second kappa shape index (κ2) is 7.14. The second-order valence-corrected chi connectivity index (χ2v) is 8.29. The van der Waals surface area contributed by atoms with Crippen molar-refractivity contribution in [3.8, 4) is 0 Å². The molecule has 1 aromatic carbocycles. The Balaban J connectivity index is 1.58. The van der Waals surface area contributed by atoms with Crippen LogP contribution in [0.4, 0.5) is 4.79 Å². The minimum Gasteiger partial charge on any atom is -0.444 e. The summed E-state index contributed by atoms with van der Waals surface area (Å²) in [6.07, 6.45) is 3.28. The molecule has 1 N–H and O–H groups in total. The first-order valence-electron chi connectivity index (χ1n) is 9.16. The number of amides is 1. The Morgan fingerprint density at radius 2 is 1.96 bits per heavy atom. The van der Waals surface area contributed by atoms with Crippen molar-refractivity contribution in [2.45, 2.75) is 58.2 Å². The van der Waals surface area contributed by atoms with Gasteiger partial charge in [-0.15, -0.1) is 0 Å². The molecule has 1 saturated heterocycles. The molecule has 132 valence electrons. The Labute approximate surface area is 145 Å². The number of carbonyl (C=O) groups excluding carboxylic acids is 1. The van der Waals surface area contributed by atoms with Crippen molar-refractivity contribution < 1.29 is 9.53 Å². The van der Waals surface area contributed by atoms with Crippen LogP contribution in [0.15, 0.2) is 30.3 Å². The van der Waals surface area contributed by atoms with Gasteiger partial charge < -0.3 is 10.1 Å². The molecule has 2 aliphatic rings. The fraction of sp³-hybridized carbons (Fsp3) is 0.650. The van der Waals surface area contributed by atoms with E-state index in [0.717, 1.165) is 26.1 Å². The summed E-state index contributed by atoms with van der Waals surface area (Å²) < 4.78 is 5.45. The molecule has 1 saturated carbocycles. The summed E-state index contributed by atoms with van der Waals surface area (Å²) in [4.78, 5) is 14.7. The highest BCUT2D eigenvalue weighted by molar-refractivity contribution is 5.68. The summed E-state index contributed by atoms with van der Waals surface area (Å²) in [6.45, 7) is 8.95. The highest BCUT2D eigenvalue weighted by Gasteiger charge is 2.41. The number of nitrogens with zero attached hydrogens (tertiary/aromatic N) is 1. The van der Waals surface area contributed by atoms with Gasteiger partial charge >= 0.3 is 6.09 Å². The lowest BCUT2D eigenvalue weighted by molar-refractivity contribution is 0.0460. The third kappa shape index (κ3) is 4.50. The number of benzene rings is 1. The highest BCUT2D eigenvalue weighted by Crippen LogP contribution is 2.37. The van der Waals surface area contributed by atoms with Crippen molar-refractivity contribution in [1.82, 2.24) is 10.2 Å². The number of rotatable bonds is 3. The molecule has 1 heterocycles. The van der Waals surface area contributed by atoms with E-state index in [1.54, 1.807) is 0 Å². The molecule has 24 heavy (non-hydrogen) atoms. The first-order chi connectivity index (χ1) is 11.4. The summed E-state index contributed by atoms with van der Waals surface area (Å²) in [5, 5.41) is 3.14. The van der Waals surface area contributed by atoms with Gasteiger partial charge in [0.15, 0.2) is 0 Å². The van der Waals surface area contributed by atoms with E-state index in [1.807, 2.05) is 20.8 Å². The summed E-state index contributed by atoms with van der Waals surface area (Å²) in [7, 11) is 0. The van der Waals surface area contributed by atoms with Gasteiger partial charge in [-0.2, -0.15) is 0 Å². The zero-order valence-corrected chi connectivity index (χ0v) is 15.1. The van der Waals surface area contributed by atoms with Crippen molar-refractivity contribution in [3.05, 3.63) is 35.9 Å². The lowest BCUT2D eigenvalue weighted by Crippen LogP contribution is -2.47. The summed E-state index contributed by atoms with van der Waals surface area (Å²) in [6, 6.07) is 10.9. The summed E-state index contributed by atoms with van der Waals surface area (Å²) in [5.74, 6) is 1.25. The normalized spacial score (nSPS) is 27.5. The maximum atomic E-state index is 12.1. The topological polar surface area (TPSA) is 41.6 Å². The van der Waals surface area contributed by atoms with Crippen LogP contribution in [-0.2, 0) is 11.3 Å². The van der Waals surface area contributed by atoms with E-state index >= 15 is 0 Å². The van der Waals surface area contributed by atoms with E-state index in [1.165, 1.54) is 18.4 Å². The van der Waals surface area contributed by atoms with Gasteiger partial charge in [-0.25, -0.2) is 4.79 Å². The molecule has 3 atom stereocenters. The Bertz CT molecular complexity index is 553. The molecule has 0 unspecified atom stereocenters. The van der Waals surface area contributed by atoms with Crippen LogP contribution in [0, 0.1) is 11.8 Å². The van der Waals surface area contributed by atoms with E-state index < -0.39 is 5.60 Å². The van der Waals surface area contributed by atoms with Gasteiger partial charge in [0, 0.05) is 25.7 Å². The molecular formula is C20H30N2O2. The Kier molecular flexibility index (Phi) is 5.14. The molecule has 1 aliphatic carbocycles. The minimum absolute atomic E-state index is 0.249. The van der Waals surface area contributed by atoms with Crippen LogP contribution in [0.5, 0.6) is 0 Å². The Hall–Kier alpha value is -1.55. The predicted molar refractivity (Wildman–Crippen MR) is 95.7 cm³/mol. The Morgan fingerprint density at radius 3 is 2.67 bits per heavy atom. The largest absolute Gasteiger partial charge is 0.444 e. The fourth-order valence-corrected chi connectivity index (χ4v) is 4.17. The number of nitrogens with one attached hydrogen (secondary N) is 1. The molecule has 1 amide bonds. The van der Waals surface area contributed by atoms with Gasteiger partial charge in [-0.1, -0.05) is 36.8 Å². The third-order valence-electron chi connectivity index (χ3n) is 5.13. The van der Waals surface area contributed by atoms with E-state index in [9.17, 15) is 4.79 Å². The average molecular weight is 330 g/mol. The van der Waals surface area contributed by atoms with Crippen molar-refractivity contribution in [2.75, 3.05) is 13.1 Å². The van der Waals surface area contributed by atoms with Crippen LogP contribution in [0.1, 0.15) is 45.6 Å². The third-order valence-corrected chi connectivity index (χ3v) is 5.13. The minimum atomic E-state index is -0.437. The van der Waals surface area contributed by atoms with Gasteiger partial charge in [-0.05, 0) is 51.0 Å². The molecular weight excluding hydrogens is 300 g/mol. The maximum absolute atomic E-state index is 12.1. The Morgan fingerprint density at radius 1 is 1.21 bits per heavy atom. The molecule has 4 nitrogen and oxygen atoms in total. The SMILES string of the molecule is CC(C)(C)OC(=O)N[C@@H]1CCC[C@@H]2CN(Cc3ccccc3)C[C@H]21. The first kappa shape index (κ1) is 17.3. The monoisotopic (exact) mass is 330 g/mol. The number of ether oxygens (including phenoxy) is 1. The van der Waals surface area contributed by atoms with Crippen molar-refractivity contribution in [2.24, 2.45) is 11.8 Å². The van der Waals surface area contributed by atoms with Crippen LogP contribution in [-0.4, -0.2) is 35.7 Å². The lowest BCUT2D eigenvalue weighted by Gasteiger charge is -2.34. The lowest BCUT2D eigenvalue weighted by atomic mass is 9.78. The zero-order valence-electron chi connectivity index (χ0n) is 15.1.